The number of fused-ring (bicyclic) bond motifs is 5. The van der Waals surface area contributed by atoms with Gasteiger partial charge in [-0.1, -0.05) is 6.07 Å². The van der Waals surface area contributed by atoms with Crippen molar-refractivity contribution in [1.82, 2.24) is 29.5 Å². The molecule has 4 aromatic rings. The van der Waals surface area contributed by atoms with Gasteiger partial charge in [0.2, 0.25) is 0 Å². The van der Waals surface area contributed by atoms with E-state index < -0.39 is 11.7 Å². The van der Waals surface area contributed by atoms with E-state index in [-0.39, 0.29) is 16.9 Å². The van der Waals surface area contributed by atoms with Crippen molar-refractivity contribution in [3.63, 3.8) is 0 Å². The van der Waals surface area contributed by atoms with Crippen LogP contribution in [0.3, 0.4) is 0 Å². The number of pyridine rings is 1. The summed E-state index contributed by atoms with van der Waals surface area (Å²) in [5.41, 5.74) is 1.66. The van der Waals surface area contributed by atoms with Crippen LogP contribution in [0.15, 0.2) is 49.1 Å². The Morgan fingerprint density at radius 1 is 1.19 bits per heavy atom. The van der Waals surface area contributed by atoms with Crippen molar-refractivity contribution in [2.75, 3.05) is 11.9 Å². The summed E-state index contributed by atoms with van der Waals surface area (Å²) in [5, 5.41) is 15.0. The van der Waals surface area contributed by atoms with E-state index >= 15 is 0 Å². The lowest BCUT2D eigenvalue weighted by Gasteiger charge is -2.15. The molecule has 1 aromatic carbocycles. The van der Waals surface area contributed by atoms with Gasteiger partial charge in [0.15, 0.2) is 5.82 Å². The van der Waals surface area contributed by atoms with Crippen molar-refractivity contribution in [1.29, 1.82) is 0 Å². The predicted octanol–water partition coefficient (Wildman–Crippen LogP) is 3.30. The minimum absolute atomic E-state index is 0.186. The molecular weight excluding hydrogens is 413 g/mol. The number of aryl methyl sites for hydroxylation is 2. The Balaban J connectivity index is 1.57. The Morgan fingerprint density at radius 2 is 2.09 bits per heavy atom. The fourth-order valence-electron chi connectivity index (χ4n) is 3.63. The average Bonchev–Trinajstić information content (AvgIpc) is 3.42. The van der Waals surface area contributed by atoms with Crippen molar-refractivity contribution in [2.45, 2.75) is 19.4 Å². The fraction of sp³-hybridized carbons (Fsp3) is 0.227. The molecule has 0 unspecified atom stereocenters. The molecule has 32 heavy (non-hydrogen) atoms. The van der Waals surface area contributed by atoms with Crippen LogP contribution in [0.4, 0.5) is 10.2 Å². The van der Waals surface area contributed by atoms with Gasteiger partial charge in [0.25, 0.3) is 5.91 Å². The Bertz CT molecular complexity index is 1300. The lowest BCUT2D eigenvalue weighted by Crippen LogP contribution is -2.16. The molecule has 0 atom stereocenters. The highest BCUT2D eigenvalue weighted by Gasteiger charge is 2.20. The second-order valence-corrected chi connectivity index (χ2v) is 7.50. The molecule has 1 amide bonds. The first-order chi connectivity index (χ1) is 15.6. The van der Waals surface area contributed by atoms with E-state index in [1.165, 1.54) is 12.1 Å². The SMILES string of the molecule is Cn1cc(-c2cc3c(cc2F)OCCCCn2cnnc2-c2cccc(n2)NC3=O)cn1. The molecule has 0 aliphatic carbocycles. The Kier molecular flexibility index (Phi) is 5.10. The summed E-state index contributed by atoms with van der Waals surface area (Å²) in [4.78, 5) is 17.7. The van der Waals surface area contributed by atoms with E-state index in [4.69, 9.17) is 4.74 Å². The molecule has 2 bridgehead atoms. The second-order valence-electron chi connectivity index (χ2n) is 7.50. The number of hydrogen-bond acceptors (Lipinski definition) is 6. The third kappa shape index (κ3) is 3.82. The first-order valence-corrected chi connectivity index (χ1v) is 10.2. The van der Waals surface area contributed by atoms with Gasteiger partial charge in [-0.3, -0.25) is 9.48 Å². The number of carbonyl (C=O) groups is 1. The third-order valence-corrected chi connectivity index (χ3v) is 5.22. The summed E-state index contributed by atoms with van der Waals surface area (Å²) in [6.45, 7) is 1.03. The molecule has 162 valence electrons. The summed E-state index contributed by atoms with van der Waals surface area (Å²) >= 11 is 0. The van der Waals surface area contributed by atoms with Crippen molar-refractivity contribution < 1.29 is 13.9 Å². The molecule has 0 spiro atoms. The summed E-state index contributed by atoms with van der Waals surface area (Å²) in [5.74, 6) is 0.219. The maximum absolute atomic E-state index is 14.9. The van der Waals surface area contributed by atoms with Crippen LogP contribution in [0.25, 0.3) is 22.6 Å². The van der Waals surface area contributed by atoms with Crippen LogP contribution in [0, 0.1) is 5.82 Å². The second kappa shape index (κ2) is 8.22. The average molecular weight is 433 g/mol. The van der Waals surface area contributed by atoms with Gasteiger partial charge in [0.05, 0.1) is 18.4 Å². The van der Waals surface area contributed by atoms with Gasteiger partial charge in [-0.15, -0.1) is 10.2 Å². The smallest absolute Gasteiger partial charge is 0.260 e. The van der Waals surface area contributed by atoms with E-state index in [9.17, 15) is 9.18 Å². The first-order valence-electron chi connectivity index (χ1n) is 10.2. The number of rotatable bonds is 1. The van der Waals surface area contributed by atoms with Gasteiger partial charge in [-0.25, -0.2) is 9.37 Å². The minimum Gasteiger partial charge on any atom is -0.493 e. The number of benzene rings is 1. The highest BCUT2D eigenvalue weighted by atomic mass is 19.1. The molecule has 1 N–H and O–H groups in total. The normalized spacial score (nSPS) is 14.0. The summed E-state index contributed by atoms with van der Waals surface area (Å²) in [7, 11) is 1.75. The zero-order chi connectivity index (χ0) is 22.1. The zero-order valence-electron chi connectivity index (χ0n) is 17.3. The maximum Gasteiger partial charge on any atom is 0.260 e. The number of halogens is 1. The lowest BCUT2D eigenvalue weighted by atomic mass is 10.0. The summed E-state index contributed by atoms with van der Waals surface area (Å²) in [6, 6.07) is 8.02. The molecule has 4 heterocycles. The number of aromatic nitrogens is 6. The van der Waals surface area contributed by atoms with Gasteiger partial charge in [-0.05, 0) is 31.0 Å². The van der Waals surface area contributed by atoms with Gasteiger partial charge < -0.3 is 14.6 Å². The molecule has 1 aliphatic heterocycles. The molecule has 10 heteroatoms. The first kappa shape index (κ1) is 19.9. The number of nitrogens with zero attached hydrogens (tertiary/aromatic N) is 6. The topological polar surface area (TPSA) is 99.8 Å². The van der Waals surface area contributed by atoms with E-state index in [1.807, 2.05) is 10.6 Å². The van der Waals surface area contributed by atoms with E-state index in [0.29, 0.717) is 42.5 Å². The van der Waals surface area contributed by atoms with Crippen LogP contribution in [-0.4, -0.2) is 42.0 Å². The van der Waals surface area contributed by atoms with Crippen LogP contribution < -0.4 is 10.1 Å². The quantitative estimate of drug-likeness (QED) is 0.494. The molecular formula is C22H20FN7O2. The fourth-order valence-corrected chi connectivity index (χ4v) is 3.63. The van der Waals surface area contributed by atoms with E-state index in [0.717, 1.165) is 6.42 Å². The zero-order valence-corrected chi connectivity index (χ0v) is 17.3. The highest BCUT2D eigenvalue weighted by Crippen LogP contribution is 2.31. The maximum atomic E-state index is 14.9. The molecule has 0 radical (unpaired) electrons. The van der Waals surface area contributed by atoms with Crippen molar-refractivity contribution in [3.05, 3.63) is 60.4 Å². The molecule has 0 saturated heterocycles. The summed E-state index contributed by atoms with van der Waals surface area (Å²) in [6.07, 6.45) is 6.39. The van der Waals surface area contributed by atoms with Crippen LogP contribution in [0.2, 0.25) is 0 Å². The number of nitrogens with one attached hydrogen (secondary N) is 1. The lowest BCUT2D eigenvalue weighted by molar-refractivity contribution is 0.102. The van der Waals surface area contributed by atoms with Crippen molar-refractivity contribution in [2.24, 2.45) is 7.05 Å². The van der Waals surface area contributed by atoms with Crippen molar-refractivity contribution in [3.8, 4) is 28.4 Å². The number of anilines is 1. The van der Waals surface area contributed by atoms with Gasteiger partial charge >= 0.3 is 0 Å². The van der Waals surface area contributed by atoms with Gasteiger partial charge in [-0.2, -0.15) is 5.10 Å². The Hall–Kier alpha value is -4.08. The van der Waals surface area contributed by atoms with Crippen LogP contribution >= 0.6 is 0 Å². The largest absolute Gasteiger partial charge is 0.493 e. The summed E-state index contributed by atoms with van der Waals surface area (Å²) < 4.78 is 24.2. The number of carbonyl (C=O) groups excluding carboxylic acids is 1. The highest BCUT2D eigenvalue weighted by molar-refractivity contribution is 6.06. The van der Waals surface area contributed by atoms with Crippen LogP contribution in [0.5, 0.6) is 5.75 Å². The van der Waals surface area contributed by atoms with E-state index in [2.05, 4.69) is 25.6 Å². The monoisotopic (exact) mass is 433 g/mol. The Labute approximate surface area is 182 Å². The molecule has 9 nitrogen and oxygen atoms in total. The third-order valence-electron chi connectivity index (χ3n) is 5.22. The van der Waals surface area contributed by atoms with Gasteiger partial charge in [0, 0.05) is 37.0 Å². The standard InChI is InChI=1S/C22H20FN7O2/c1-29-12-14(11-25-29)15-9-16-19(10-17(15)23)32-8-3-2-7-30-13-24-28-21(30)18-5-4-6-20(26-18)27-22(16)31/h4-6,9-13H,2-3,7-8H2,1H3,(H,26,27,31). The number of amides is 1. The van der Waals surface area contributed by atoms with Crippen LogP contribution in [0.1, 0.15) is 23.2 Å². The number of hydrogen-bond donors (Lipinski definition) is 1. The van der Waals surface area contributed by atoms with Gasteiger partial charge in [0.1, 0.15) is 29.4 Å². The predicted molar refractivity (Wildman–Crippen MR) is 115 cm³/mol. The van der Waals surface area contributed by atoms with E-state index in [1.54, 1.807) is 42.6 Å². The number of ether oxygens (including phenoxy) is 1. The Morgan fingerprint density at radius 3 is 2.94 bits per heavy atom. The molecule has 0 saturated carbocycles. The minimum atomic E-state index is -0.486. The van der Waals surface area contributed by atoms with Crippen molar-refractivity contribution >= 4 is 11.7 Å². The molecule has 5 rings (SSSR count). The van der Waals surface area contributed by atoms with Crippen LogP contribution in [-0.2, 0) is 13.6 Å². The molecule has 1 aliphatic rings. The molecule has 3 aromatic heterocycles. The molecule has 0 fully saturated rings.